The first-order chi connectivity index (χ1) is 15.5. The van der Waals surface area contributed by atoms with Gasteiger partial charge in [-0.2, -0.15) is 0 Å². The van der Waals surface area contributed by atoms with Gasteiger partial charge in [-0.05, 0) is 13.5 Å². The lowest BCUT2D eigenvalue weighted by Crippen LogP contribution is -2.39. The molecule has 1 fully saturated rings. The molecular weight excluding hydrogens is 420 g/mol. The summed E-state index contributed by atoms with van der Waals surface area (Å²) in [4.78, 5) is 48.7. The van der Waals surface area contributed by atoms with Gasteiger partial charge in [0.15, 0.2) is 0 Å². The molecular formula is C20H40N6O6. The zero-order chi connectivity index (χ0) is 24.0. The third kappa shape index (κ3) is 14.7. The number of amides is 4. The topological polar surface area (TPSA) is 133 Å². The van der Waals surface area contributed by atoms with E-state index in [-0.39, 0.29) is 11.9 Å². The third-order valence-corrected chi connectivity index (χ3v) is 4.54. The molecule has 0 atom stereocenters. The van der Waals surface area contributed by atoms with Crippen LogP contribution in [0, 0.1) is 0 Å². The monoisotopic (exact) mass is 460 g/mol. The smallest absolute Gasteiger partial charge is 0.322 e. The average molecular weight is 461 g/mol. The third-order valence-electron chi connectivity index (χ3n) is 4.54. The lowest BCUT2D eigenvalue weighted by molar-refractivity contribution is -0.121. The Morgan fingerprint density at radius 1 is 1.09 bits per heavy atom. The van der Waals surface area contributed by atoms with Crippen molar-refractivity contribution in [2.24, 2.45) is 0 Å². The quantitative estimate of drug-likeness (QED) is 0.130. The van der Waals surface area contributed by atoms with Crippen molar-refractivity contribution in [1.29, 1.82) is 0 Å². The van der Waals surface area contributed by atoms with Crippen LogP contribution in [0.3, 0.4) is 0 Å². The number of rotatable bonds is 18. The Morgan fingerprint density at radius 3 is 2.44 bits per heavy atom. The highest BCUT2D eigenvalue weighted by molar-refractivity contribution is 5.76. The van der Waals surface area contributed by atoms with E-state index in [2.05, 4.69) is 16.0 Å². The summed E-state index contributed by atoms with van der Waals surface area (Å²) < 4.78 is 9.94. The summed E-state index contributed by atoms with van der Waals surface area (Å²) in [5.41, 5.74) is 0. The number of ether oxygens (including phenoxy) is 2. The van der Waals surface area contributed by atoms with Crippen LogP contribution in [-0.4, -0.2) is 126 Å². The Bertz CT molecular complexity index is 525. The van der Waals surface area contributed by atoms with Gasteiger partial charge in [0.2, 0.25) is 12.3 Å². The van der Waals surface area contributed by atoms with Gasteiger partial charge < -0.3 is 35.1 Å². The zero-order valence-corrected chi connectivity index (χ0v) is 19.6. The molecule has 0 aliphatic carbocycles. The van der Waals surface area contributed by atoms with Crippen LogP contribution in [0.25, 0.3) is 0 Å². The lowest BCUT2D eigenvalue weighted by Gasteiger charge is -2.21. The van der Waals surface area contributed by atoms with E-state index in [1.54, 1.807) is 19.1 Å². The van der Waals surface area contributed by atoms with Gasteiger partial charge in [-0.15, -0.1) is 0 Å². The van der Waals surface area contributed by atoms with Crippen LogP contribution < -0.4 is 16.0 Å². The molecule has 1 aliphatic heterocycles. The predicted molar refractivity (Wildman–Crippen MR) is 120 cm³/mol. The first-order valence-corrected chi connectivity index (χ1v) is 10.8. The van der Waals surface area contributed by atoms with E-state index in [9.17, 15) is 19.2 Å². The highest BCUT2D eigenvalue weighted by Crippen LogP contribution is 2.06. The van der Waals surface area contributed by atoms with Crippen LogP contribution >= 0.6 is 0 Å². The number of likely N-dealkylation sites (N-methyl/N-ethyl adjacent to an activating group) is 1. The van der Waals surface area contributed by atoms with Crippen molar-refractivity contribution in [2.45, 2.75) is 19.3 Å². The van der Waals surface area contributed by atoms with Crippen LogP contribution in [-0.2, 0) is 23.9 Å². The highest BCUT2D eigenvalue weighted by Gasteiger charge is 2.27. The van der Waals surface area contributed by atoms with Gasteiger partial charge in [0, 0.05) is 79.4 Å². The van der Waals surface area contributed by atoms with Crippen LogP contribution in [0.5, 0.6) is 0 Å². The summed E-state index contributed by atoms with van der Waals surface area (Å²) in [6.45, 7) is 6.41. The maximum absolute atomic E-state index is 11.5. The van der Waals surface area contributed by atoms with Gasteiger partial charge in [-0.3, -0.25) is 19.4 Å². The number of hydrogen-bond donors (Lipinski definition) is 3. The summed E-state index contributed by atoms with van der Waals surface area (Å²) in [5.74, 6) is -0.0507. The number of nitrogens with one attached hydrogen (secondary N) is 3. The molecule has 1 rings (SSSR count). The molecule has 0 aromatic carbocycles. The number of hydrogen-bond acceptors (Lipinski definition) is 8. The summed E-state index contributed by atoms with van der Waals surface area (Å²) in [5, 5.41) is 8.37. The van der Waals surface area contributed by atoms with Crippen LogP contribution in [0.2, 0.25) is 0 Å². The van der Waals surface area contributed by atoms with Gasteiger partial charge in [-0.25, -0.2) is 4.79 Å². The molecule has 1 heterocycles. The molecule has 1 aliphatic rings. The number of aldehydes is 1. The zero-order valence-electron chi connectivity index (χ0n) is 19.6. The number of unbranched alkanes of at least 4 members (excludes halogenated alkanes) is 1. The van der Waals surface area contributed by atoms with Crippen LogP contribution in [0.15, 0.2) is 0 Å². The Morgan fingerprint density at radius 2 is 1.81 bits per heavy atom. The molecule has 0 radical (unpaired) electrons. The van der Waals surface area contributed by atoms with E-state index in [4.69, 9.17) is 9.47 Å². The minimum Gasteiger partial charge on any atom is -0.369 e. The summed E-state index contributed by atoms with van der Waals surface area (Å²) in [7, 11) is 5.08. The SMILES string of the molecule is CNCCN1CCN(COC)C1=O.COCN(CCNC=O)CCNC(=O)CCCC=O. The van der Waals surface area contributed by atoms with E-state index in [1.165, 1.54) is 0 Å². The minimum atomic E-state index is -0.0507. The molecule has 12 heteroatoms. The van der Waals surface area contributed by atoms with E-state index in [1.807, 2.05) is 16.8 Å². The summed E-state index contributed by atoms with van der Waals surface area (Å²) in [6.07, 6.45) is 2.84. The van der Waals surface area contributed by atoms with E-state index in [0.717, 1.165) is 32.5 Å². The Balaban J connectivity index is 0.000000641. The fraction of sp³-hybridized carbons (Fsp3) is 0.800. The second-order valence-electron chi connectivity index (χ2n) is 7.07. The Kier molecular flexibility index (Phi) is 19.1. The van der Waals surface area contributed by atoms with Gasteiger partial charge in [0.25, 0.3) is 0 Å². The predicted octanol–water partition coefficient (Wildman–Crippen LogP) is -1.33. The maximum Gasteiger partial charge on any atom is 0.322 e. The number of carbonyl (C=O) groups excluding carboxylic acids is 4. The van der Waals surface area contributed by atoms with E-state index in [0.29, 0.717) is 65.3 Å². The second-order valence-corrected chi connectivity index (χ2v) is 7.07. The fourth-order valence-electron chi connectivity index (χ4n) is 2.86. The molecule has 0 spiro atoms. The first-order valence-electron chi connectivity index (χ1n) is 10.8. The highest BCUT2D eigenvalue weighted by atomic mass is 16.5. The Labute approximate surface area is 190 Å². The largest absolute Gasteiger partial charge is 0.369 e. The maximum atomic E-state index is 11.5. The van der Waals surface area contributed by atoms with Crippen molar-refractivity contribution in [3.05, 3.63) is 0 Å². The number of nitrogens with zero attached hydrogens (tertiary/aromatic N) is 3. The van der Waals surface area contributed by atoms with Crippen molar-refractivity contribution in [3.63, 3.8) is 0 Å². The van der Waals surface area contributed by atoms with Crippen LogP contribution in [0.1, 0.15) is 19.3 Å². The Hall–Kier alpha value is -2.28. The molecule has 186 valence electrons. The molecule has 12 nitrogen and oxygen atoms in total. The average Bonchev–Trinajstić information content (AvgIpc) is 3.12. The number of carbonyl (C=O) groups is 4. The van der Waals surface area contributed by atoms with Crippen molar-refractivity contribution in [1.82, 2.24) is 30.7 Å². The number of urea groups is 1. The molecule has 32 heavy (non-hydrogen) atoms. The minimum absolute atomic E-state index is 0.0507. The molecule has 3 N–H and O–H groups in total. The lowest BCUT2D eigenvalue weighted by atomic mass is 10.2. The van der Waals surface area contributed by atoms with Crippen molar-refractivity contribution in [2.75, 3.05) is 87.1 Å². The number of methoxy groups -OCH3 is 2. The molecule has 0 aromatic rings. The van der Waals surface area contributed by atoms with Crippen molar-refractivity contribution < 1.29 is 28.7 Å². The van der Waals surface area contributed by atoms with Gasteiger partial charge in [-0.1, -0.05) is 0 Å². The van der Waals surface area contributed by atoms with E-state index < -0.39 is 0 Å². The van der Waals surface area contributed by atoms with Crippen LogP contribution in [0.4, 0.5) is 4.79 Å². The van der Waals surface area contributed by atoms with Crippen molar-refractivity contribution >= 4 is 24.6 Å². The van der Waals surface area contributed by atoms with Gasteiger partial charge in [0.05, 0.1) is 6.73 Å². The molecule has 1 saturated heterocycles. The first kappa shape index (κ1) is 29.7. The fourth-order valence-corrected chi connectivity index (χ4v) is 2.86. The summed E-state index contributed by atoms with van der Waals surface area (Å²) in [6, 6.07) is 0.0806. The molecule has 0 bridgehead atoms. The molecule has 0 saturated carbocycles. The molecule has 0 unspecified atom stereocenters. The normalized spacial score (nSPS) is 13.1. The molecule has 4 amide bonds. The van der Waals surface area contributed by atoms with E-state index >= 15 is 0 Å². The van der Waals surface area contributed by atoms with Gasteiger partial charge >= 0.3 is 6.03 Å². The standard InChI is InChI=1S/C12H23N3O4.C8H17N3O2/c1-19-11-15(7-5-13-10-17)8-6-14-12(18)4-2-3-9-16;1-9-3-4-10-5-6-11(7-13-2)8(10)12/h9-10H,2-8,11H2,1H3,(H,13,17)(H,14,18);9H,3-7H2,1-2H3. The summed E-state index contributed by atoms with van der Waals surface area (Å²) >= 11 is 0. The van der Waals surface area contributed by atoms with Crippen molar-refractivity contribution in [3.8, 4) is 0 Å². The second kappa shape index (κ2) is 20.6. The molecule has 0 aromatic heterocycles. The van der Waals surface area contributed by atoms with Gasteiger partial charge in [0.1, 0.15) is 13.0 Å².